The molecule has 3 N–H and O–H groups in total. The number of nitrogens with zero attached hydrogens (tertiary/aromatic N) is 3. The molecule has 0 aliphatic carbocycles. The molecule has 128 valence electrons. The third-order valence-electron chi connectivity index (χ3n) is 5.81. The second-order valence-electron chi connectivity index (χ2n) is 6.98. The average molecular weight is 349 g/mol. The molecule has 0 spiro atoms. The van der Waals surface area contributed by atoms with Crippen LogP contribution in [0.25, 0.3) is 10.9 Å². The fourth-order valence-electron chi connectivity index (χ4n) is 4.41. The van der Waals surface area contributed by atoms with E-state index in [1.807, 2.05) is 27.9 Å². The highest BCUT2D eigenvalue weighted by Crippen LogP contribution is 2.51. The summed E-state index contributed by atoms with van der Waals surface area (Å²) in [5, 5.41) is 17.2. The topological polar surface area (TPSA) is 84.4 Å². The highest BCUT2D eigenvalue weighted by Gasteiger charge is 2.50. The van der Waals surface area contributed by atoms with Crippen LogP contribution in [0.3, 0.4) is 0 Å². The van der Waals surface area contributed by atoms with Crippen LogP contribution in [-0.4, -0.2) is 45.3 Å². The first-order valence-electron chi connectivity index (χ1n) is 8.30. The second-order valence-corrected chi connectivity index (χ2v) is 7.41. The molecule has 1 unspecified atom stereocenters. The molecule has 1 fully saturated rings. The lowest BCUT2D eigenvalue weighted by atomic mass is 9.75. The van der Waals surface area contributed by atoms with Crippen molar-refractivity contribution in [1.82, 2.24) is 14.7 Å². The Hall–Kier alpha value is -1.63. The molecule has 24 heavy (non-hydrogen) atoms. The Kier molecular flexibility index (Phi) is 3.60. The van der Waals surface area contributed by atoms with Gasteiger partial charge in [0.05, 0.1) is 23.8 Å². The van der Waals surface area contributed by atoms with E-state index >= 15 is 0 Å². The van der Waals surface area contributed by atoms with Gasteiger partial charge in [0.15, 0.2) is 0 Å². The highest BCUT2D eigenvalue weighted by atomic mass is 35.5. The summed E-state index contributed by atoms with van der Waals surface area (Å²) in [6.45, 7) is 3.45. The van der Waals surface area contributed by atoms with E-state index in [2.05, 4.69) is 12.0 Å². The van der Waals surface area contributed by atoms with Crippen LogP contribution < -0.4 is 5.73 Å². The summed E-state index contributed by atoms with van der Waals surface area (Å²) in [5.41, 5.74) is 6.75. The highest BCUT2D eigenvalue weighted by molar-refractivity contribution is 6.31. The van der Waals surface area contributed by atoms with E-state index in [0.717, 1.165) is 29.3 Å². The number of halogens is 1. The quantitative estimate of drug-likeness (QED) is 0.864. The molecule has 1 saturated heterocycles. The van der Waals surface area contributed by atoms with Crippen LogP contribution in [0.4, 0.5) is 0 Å². The number of carbonyl (C=O) groups is 1. The molecule has 0 radical (unpaired) electrons. The van der Waals surface area contributed by atoms with Crippen LogP contribution in [0, 0.1) is 5.92 Å². The summed E-state index contributed by atoms with van der Waals surface area (Å²) in [4.78, 5) is 13.6. The minimum absolute atomic E-state index is 0.0119. The fourth-order valence-corrected chi connectivity index (χ4v) is 4.64. The van der Waals surface area contributed by atoms with Crippen molar-refractivity contribution in [3.05, 3.63) is 28.9 Å². The molecule has 1 amide bonds. The van der Waals surface area contributed by atoms with Crippen molar-refractivity contribution < 1.29 is 9.90 Å². The summed E-state index contributed by atoms with van der Waals surface area (Å²) in [5.74, 6) is 0.214. The van der Waals surface area contributed by atoms with Gasteiger partial charge in [0.2, 0.25) is 5.91 Å². The third-order valence-corrected chi connectivity index (χ3v) is 6.03. The van der Waals surface area contributed by atoms with Crippen molar-refractivity contribution in [1.29, 1.82) is 0 Å². The molecule has 2 atom stereocenters. The zero-order valence-corrected chi connectivity index (χ0v) is 14.3. The molecule has 3 heterocycles. The van der Waals surface area contributed by atoms with E-state index in [0.29, 0.717) is 18.1 Å². The Morgan fingerprint density at radius 3 is 2.83 bits per heavy atom. The first kappa shape index (κ1) is 15.9. The van der Waals surface area contributed by atoms with Crippen molar-refractivity contribution >= 4 is 28.4 Å². The summed E-state index contributed by atoms with van der Waals surface area (Å²) in [7, 11) is 0. The molecule has 2 aliphatic rings. The molecule has 6 nitrogen and oxygen atoms in total. The van der Waals surface area contributed by atoms with E-state index in [9.17, 15) is 9.90 Å². The number of nitrogens with two attached hydrogens (primary N) is 1. The number of aromatic nitrogens is 2. The SMILES string of the molecule is CC1(C2CCN(C(=O)CN)CC2)[C@H](O)c2cc(Cl)cc3cnn1c23. The molecule has 1 aromatic heterocycles. The molecule has 2 aliphatic heterocycles. The van der Waals surface area contributed by atoms with Crippen molar-refractivity contribution in [3.63, 3.8) is 0 Å². The predicted octanol–water partition coefficient (Wildman–Crippen LogP) is 1.65. The maximum absolute atomic E-state index is 11.8. The number of hydrogen-bond donors (Lipinski definition) is 2. The first-order chi connectivity index (χ1) is 11.5. The van der Waals surface area contributed by atoms with Crippen LogP contribution in [0.2, 0.25) is 5.02 Å². The number of hydrogen-bond acceptors (Lipinski definition) is 4. The van der Waals surface area contributed by atoms with Gasteiger partial charge in [-0.1, -0.05) is 11.6 Å². The molecule has 1 aromatic carbocycles. The minimum atomic E-state index is -0.649. The maximum Gasteiger partial charge on any atom is 0.236 e. The Labute approximate surface area is 145 Å². The predicted molar refractivity (Wildman–Crippen MR) is 91.7 cm³/mol. The Morgan fingerprint density at radius 2 is 2.17 bits per heavy atom. The van der Waals surface area contributed by atoms with Crippen LogP contribution in [0.5, 0.6) is 0 Å². The number of rotatable bonds is 2. The summed E-state index contributed by atoms with van der Waals surface area (Å²) in [6.07, 6.45) is 2.80. The first-order valence-corrected chi connectivity index (χ1v) is 8.68. The lowest BCUT2D eigenvalue weighted by molar-refractivity contribution is -0.132. The normalized spacial score (nSPS) is 27.2. The van der Waals surface area contributed by atoms with Gasteiger partial charge in [-0.2, -0.15) is 5.10 Å². The number of likely N-dealkylation sites (tertiary alicyclic amines) is 1. The molecule has 0 bridgehead atoms. The van der Waals surface area contributed by atoms with E-state index in [1.54, 1.807) is 0 Å². The molecule has 2 aromatic rings. The van der Waals surface area contributed by atoms with Crippen LogP contribution >= 0.6 is 11.6 Å². The van der Waals surface area contributed by atoms with Crippen molar-refractivity contribution in [2.45, 2.75) is 31.4 Å². The van der Waals surface area contributed by atoms with Gasteiger partial charge in [-0.15, -0.1) is 0 Å². The maximum atomic E-state index is 11.8. The van der Waals surface area contributed by atoms with Gasteiger partial charge in [0, 0.05) is 29.1 Å². The van der Waals surface area contributed by atoms with Crippen LogP contribution in [0.1, 0.15) is 31.4 Å². The van der Waals surface area contributed by atoms with Gasteiger partial charge in [-0.05, 0) is 37.8 Å². The Morgan fingerprint density at radius 1 is 1.46 bits per heavy atom. The van der Waals surface area contributed by atoms with E-state index in [-0.39, 0.29) is 18.4 Å². The van der Waals surface area contributed by atoms with Crippen molar-refractivity contribution in [3.8, 4) is 0 Å². The Balaban J connectivity index is 1.68. The van der Waals surface area contributed by atoms with Crippen LogP contribution in [-0.2, 0) is 10.3 Å². The smallest absolute Gasteiger partial charge is 0.236 e. The van der Waals surface area contributed by atoms with Gasteiger partial charge < -0.3 is 15.7 Å². The van der Waals surface area contributed by atoms with Crippen LogP contribution in [0.15, 0.2) is 18.3 Å². The number of aliphatic hydroxyl groups excluding tert-OH is 1. The van der Waals surface area contributed by atoms with E-state index in [4.69, 9.17) is 17.3 Å². The van der Waals surface area contributed by atoms with E-state index < -0.39 is 11.6 Å². The number of aliphatic hydroxyl groups is 1. The van der Waals surface area contributed by atoms with Gasteiger partial charge in [0.25, 0.3) is 0 Å². The summed E-state index contributed by atoms with van der Waals surface area (Å²) in [6, 6.07) is 3.72. The second kappa shape index (κ2) is 5.44. The van der Waals surface area contributed by atoms with Gasteiger partial charge >= 0.3 is 0 Å². The van der Waals surface area contributed by atoms with Crippen molar-refractivity contribution in [2.24, 2.45) is 11.7 Å². The van der Waals surface area contributed by atoms with Gasteiger partial charge in [-0.25, -0.2) is 0 Å². The summed E-state index contributed by atoms with van der Waals surface area (Å²) >= 11 is 6.19. The number of carbonyl (C=O) groups excluding carboxylic acids is 1. The van der Waals surface area contributed by atoms with E-state index in [1.165, 1.54) is 0 Å². The standard InChI is InChI=1S/C17H21ClN4O2/c1-17(11-2-4-21(5-3-11)14(23)8-19)16(24)13-7-12(18)6-10-9-20-22(17)15(10)13/h6-7,9,11,16,24H,2-5,8,19H2,1H3/t16-,17?/m1/s1. The summed E-state index contributed by atoms with van der Waals surface area (Å²) < 4.78 is 1.96. The Bertz CT molecular complexity index is 812. The third kappa shape index (κ3) is 2.03. The lowest BCUT2D eigenvalue weighted by Crippen LogP contribution is -2.49. The zero-order chi connectivity index (χ0) is 17.1. The zero-order valence-electron chi connectivity index (χ0n) is 13.6. The average Bonchev–Trinajstić information content (AvgIpc) is 3.11. The largest absolute Gasteiger partial charge is 0.386 e. The van der Waals surface area contributed by atoms with Gasteiger partial charge in [-0.3, -0.25) is 9.48 Å². The molecule has 4 rings (SSSR count). The molecule has 0 saturated carbocycles. The number of benzene rings is 1. The monoisotopic (exact) mass is 348 g/mol. The number of piperidine rings is 1. The van der Waals surface area contributed by atoms with Crippen molar-refractivity contribution in [2.75, 3.05) is 19.6 Å². The lowest BCUT2D eigenvalue weighted by Gasteiger charge is -2.42. The molecular weight excluding hydrogens is 328 g/mol. The fraction of sp³-hybridized carbons (Fsp3) is 0.529. The molecular formula is C17H21ClN4O2. The van der Waals surface area contributed by atoms with Gasteiger partial charge in [0.1, 0.15) is 6.10 Å². The minimum Gasteiger partial charge on any atom is -0.386 e. The molecule has 7 heteroatoms. The number of amides is 1.